The zero-order valence-electron chi connectivity index (χ0n) is 9.94. The summed E-state index contributed by atoms with van der Waals surface area (Å²) in [6.07, 6.45) is 0. The molecule has 1 heterocycles. The van der Waals surface area contributed by atoms with Gasteiger partial charge in [-0.3, -0.25) is 18.7 Å². The van der Waals surface area contributed by atoms with Gasteiger partial charge in [0.2, 0.25) is 0 Å². The second-order valence-corrected chi connectivity index (χ2v) is 4.53. The Morgan fingerprint density at radius 3 is 2.61 bits per heavy atom. The fourth-order valence-corrected chi connectivity index (χ4v) is 2.01. The molecular weight excluding hydrogens is 256 g/mol. The van der Waals surface area contributed by atoms with E-state index in [1.807, 2.05) is 0 Å². The summed E-state index contributed by atoms with van der Waals surface area (Å²) in [4.78, 5) is 35.2. The monoisotopic (exact) mass is 266 g/mol. The lowest BCUT2D eigenvalue weighted by Gasteiger charge is -2.09. The molecule has 94 valence electrons. The number of carbonyl (C=O) groups excluding carboxylic acids is 1. The van der Waals surface area contributed by atoms with E-state index in [2.05, 4.69) is 0 Å². The molecule has 0 radical (unpaired) electrons. The lowest BCUT2D eigenvalue weighted by Crippen LogP contribution is -2.40. The van der Waals surface area contributed by atoms with Crippen LogP contribution >= 0.6 is 11.6 Å². The maximum atomic E-state index is 12.1. The molecule has 0 aliphatic rings. The first-order chi connectivity index (χ1) is 8.41. The smallest absolute Gasteiger partial charge is 0.298 e. The van der Waals surface area contributed by atoms with Crippen molar-refractivity contribution >= 4 is 28.3 Å². The number of carbonyl (C=O) groups is 1. The van der Waals surface area contributed by atoms with E-state index in [1.54, 1.807) is 18.2 Å². The van der Waals surface area contributed by atoms with E-state index in [0.29, 0.717) is 15.9 Å². The van der Waals surface area contributed by atoms with Crippen molar-refractivity contribution < 1.29 is 4.79 Å². The molecule has 2 rings (SSSR count). The number of hydrogen-bond acceptors (Lipinski definition) is 3. The van der Waals surface area contributed by atoms with Gasteiger partial charge in [-0.25, -0.2) is 4.79 Å². The molecule has 0 aliphatic carbocycles. The molecule has 6 heteroatoms. The molecule has 5 nitrogen and oxygen atoms in total. The van der Waals surface area contributed by atoms with Gasteiger partial charge >= 0.3 is 5.69 Å². The second kappa shape index (κ2) is 4.42. The Morgan fingerprint density at radius 2 is 2.00 bits per heavy atom. The SMILES string of the molecule is CC(=O)Cn1c(=O)c2ccc(Cl)cc2n(C)c1=O. The third-order valence-electron chi connectivity index (χ3n) is 2.70. The van der Waals surface area contributed by atoms with Crippen LogP contribution in [0.15, 0.2) is 27.8 Å². The fourth-order valence-electron chi connectivity index (χ4n) is 1.84. The molecule has 0 spiro atoms. The third-order valence-corrected chi connectivity index (χ3v) is 2.93. The van der Waals surface area contributed by atoms with Crippen LogP contribution in [-0.4, -0.2) is 14.9 Å². The molecule has 0 N–H and O–H groups in total. The van der Waals surface area contributed by atoms with Gasteiger partial charge in [-0.15, -0.1) is 0 Å². The number of fused-ring (bicyclic) bond motifs is 1. The molecule has 0 saturated heterocycles. The molecule has 0 bridgehead atoms. The zero-order chi connectivity index (χ0) is 13.4. The molecular formula is C12H11ClN2O3. The lowest BCUT2D eigenvalue weighted by molar-refractivity contribution is -0.117. The van der Waals surface area contributed by atoms with Crippen LogP contribution in [0.2, 0.25) is 5.02 Å². The average molecular weight is 267 g/mol. The van der Waals surface area contributed by atoms with Gasteiger partial charge in [0.15, 0.2) is 0 Å². The minimum Gasteiger partial charge on any atom is -0.298 e. The topological polar surface area (TPSA) is 61.1 Å². The van der Waals surface area contributed by atoms with Gasteiger partial charge in [0.05, 0.1) is 17.4 Å². The van der Waals surface area contributed by atoms with Gasteiger partial charge in [0.1, 0.15) is 5.78 Å². The predicted octanol–water partition coefficient (Wildman–Crippen LogP) is 0.943. The van der Waals surface area contributed by atoms with Gasteiger partial charge in [0.25, 0.3) is 5.56 Å². The number of Topliss-reactive ketones (excluding diaryl/α,β-unsaturated/α-hetero) is 1. The first-order valence-electron chi connectivity index (χ1n) is 5.30. The van der Waals surface area contributed by atoms with Crippen molar-refractivity contribution in [1.82, 2.24) is 9.13 Å². The Bertz CT molecular complexity index is 758. The quantitative estimate of drug-likeness (QED) is 0.813. The third kappa shape index (κ3) is 1.97. The molecule has 2 aromatic rings. The van der Waals surface area contributed by atoms with Crippen LogP contribution in [0.4, 0.5) is 0 Å². The van der Waals surface area contributed by atoms with E-state index in [9.17, 15) is 14.4 Å². The van der Waals surface area contributed by atoms with E-state index in [0.717, 1.165) is 4.57 Å². The predicted molar refractivity (Wildman–Crippen MR) is 69.1 cm³/mol. The van der Waals surface area contributed by atoms with E-state index in [1.165, 1.54) is 18.5 Å². The minimum atomic E-state index is -0.523. The Kier molecular flexibility index (Phi) is 3.09. The van der Waals surface area contributed by atoms with Crippen LogP contribution in [0.1, 0.15) is 6.92 Å². The molecule has 1 aromatic heterocycles. The normalized spacial score (nSPS) is 10.8. The summed E-state index contributed by atoms with van der Waals surface area (Å²) < 4.78 is 2.24. The van der Waals surface area contributed by atoms with E-state index < -0.39 is 11.2 Å². The first kappa shape index (κ1) is 12.6. The van der Waals surface area contributed by atoms with Crippen molar-refractivity contribution in [2.24, 2.45) is 7.05 Å². The maximum absolute atomic E-state index is 12.1. The Hall–Kier alpha value is -1.88. The van der Waals surface area contributed by atoms with Crippen LogP contribution < -0.4 is 11.2 Å². The molecule has 0 fully saturated rings. The summed E-state index contributed by atoms with van der Waals surface area (Å²) in [6, 6.07) is 4.68. The maximum Gasteiger partial charge on any atom is 0.331 e. The Balaban J connectivity index is 2.92. The van der Waals surface area contributed by atoms with Crippen LogP contribution in [0, 0.1) is 0 Å². The van der Waals surface area contributed by atoms with Gasteiger partial charge in [-0.05, 0) is 25.1 Å². The lowest BCUT2D eigenvalue weighted by atomic mass is 10.2. The number of aromatic nitrogens is 2. The number of ketones is 1. The molecule has 1 aromatic carbocycles. The van der Waals surface area contributed by atoms with Crippen molar-refractivity contribution in [2.75, 3.05) is 0 Å². The summed E-state index contributed by atoms with van der Waals surface area (Å²) in [5.41, 5.74) is -0.540. The van der Waals surface area contributed by atoms with Crippen LogP contribution in [0.5, 0.6) is 0 Å². The largest absolute Gasteiger partial charge is 0.331 e. The van der Waals surface area contributed by atoms with Crippen LogP contribution in [0.25, 0.3) is 10.9 Å². The molecule has 0 saturated carbocycles. The molecule has 0 atom stereocenters. The molecule has 0 aliphatic heterocycles. The Labute approximate surface area is 107 Å². The highest BCUT2D eigenvalue weighted by Gasteiger charge is 2.12. The first-order valence-corrected chi connectivity index (χ1v) is 5.68. The van der Waals surface area contributed by atoms with Crippen molar-refractivity contribution in [3.8, 4) is 0 Å². The standard InChI is InChI=1S/C12H11ClN2O3/c1-7(16)6-15-11(17)9-4-3-8(13)5-10(9)14(2)12(15)18/h3-5H,6H2,1-2H3. The van der Waals surface area contributed by atoms with E-state index in [-0.39, 0.29) is 12.3 Å². The van der Waals surface area contributed by atoms with Crippen molar-refractivity contribution in [3.63, 3.8) is 0 Å². The van der Waals surface area contributed by atoms with Gasteiger partial charge < -0.3 is 0 Å². The summed E-state index contributed by atoms with van der Waals surface area (Å²) in [5, 5.41) is 0.809. The number of nitrogens with zero attached hydrogens (tertiary/aromatic N) is 2. The number of halogens is 1. The number of aryl methyl sites for hydroxylation is 1. The second-order valence-electron chi connectivity index (χ2n) is 4.10. The summed E-state index contributed by atoms with van der Waals surface area (Å²) in [6.45, 7) is 1.11. The van der Waals surface area contributed by atoms with Crippen molar-refractivity contribution in [1.29, 1.82) is 0 Å². The van der Waals surface area contributed by atoms with E-state index >= 15 is 0 Å². The van der Waals surface area contributed by atoms with Crippen LogP contribution in [0.3, 0.4) is 0 Å². The van der Waals surface area contributed by atoms with Crippen molar-refractivity contribution in [3.05, 3.63) is 44.1 Å². The van der Waals surface area contributed by atoms with Gasteiger partial charge in [0, 0.05) is 12.1 Å². The number of hydrogen-bond donors (Lipinski definition) is 0. The number of rotatable bonds is 2. The highest BCUT2D eigenvalue weighted by atomic mass is 35.5. The molecule has 0 amide bonds. The van der Waals surface area contributed by atoms with Gasteiger partial charge in [-0.2, -0.15) is 0 Å². The van der Waals surface area contributed by atoms with Crippen LogP contribution in [-0.2, 0) is 18.4 Å². The fraction of sp³-hybridized carbons (Fsp3) is 0.250. The molecule has 18 heavy (non-hydrogen) atoms. The highest BCUT2D eigenvalue weighted by Crippen LogP contribution is 2.14. The number of benzene rings is 1. The van der Waals surface area contributed by atoms with Gasteiger partial charge in [-0.1, -0.05) is 11.6 Å². The minimum absolute atomic E-state index is 0.218. The summed E-state index contributed by atoms with van der Waals surface area (Å²) in [5.74, 6) is -0.248. The average Bonchev–Trinajstić information content (AvgIpc) is 2.31. The van der Waals surface area contributed by atoms with E-state index in [4.69, 9.17) is 11.6 Å². The Morgan fingerprint density at radius 1 is 1.33 bits per heavy atom. The van der Waals surface area contributed by atoms with Crippen molar-refractivity contribution in [2.45, 2.75) is 13.5 Å². The molecule has 0 unspecified atom stereocenters. The summed E-state index contributed by atoms with van der Waals surface area (Å²) in [7, 11) is 1.54. The summed E-state index contributed by atoms with van der Waals surface area (Å²) >= 11 is 5.84. The zero-order valence-corrected chi connectivity index (χ0v) is 10.7. The highest BCUT2D eigenvalue weighted by molar-refractivity contribution is 6.31.